The van der Waals surface area contributed by atoms with Crippen LogP contribution in [0.1, 0.15) is 25.3 Å². The maximum Gasteiger partial charge on any atom is 0.243 e. The SMILES string of the molecule is CCCCNC(=NCC(=O)N(C)C)N(C)Cc1ccc(Cl)c(F)c1.I. The molecule has 0 radical (unpaired) electrons. The van der Waals surface area contributed by atoms with Gasteiger partial charge >= 0.3 is 0 Å². The fourth-order valence-electron chi connectivity index (χ4n) is 1.96. The van der Waals surface area contributed by atoms with E-state index in [1.807, 2.05) is 11.9 Å². The van der Waals surface area contributed by atoms with Crippen LogP contribution in [0.25, 0.3) is 0 Å². The van der Waals surface area contributed by atoms with Crippen LogP contribution in [0, 0.1) is 5.82 Å². The molecule has 0 aliphatic carbocycles. The Labute approximate surface area is 171 Å². The lowest BCUT2D eigenvalue weighted by Crippen LogP contribution is -2.40. The van der Waals surface area contributed by atoms with E-state index in [1.54, 1.807) is 20.2 Å². The molecule has 1 aromatic rings. The Balaban J connectivity index is 0.00000576. The summed E-state index contributed by atoms with van der Waals surface area (Å²) in [6.45, 7) is 3.40. The second-order valence-corrected chi connectivity index (χ2v) is 6.22. The number of benzene rings is 1. The van der Waals surface area contributed by atoms with E-state index >= 15 is 0 Å². The molecule has 5 nitrogen and oxygen atoms in total. The van der Waals surface area contributed by atoms with Gasteiger partial charge in [-0.2, -0.15) is 0 Å². The number of hydrogen-bond acceptors (Lipinski definition) is 2. The van der Waals surface area contributed by atoms with Gasteiger partial charge in [-0.05, 0) is 24.1 Å². The molecule has 0 aromatic heterocycles. The van der Waals surface area contributed by atoms with Gasteiger partial charge in [-0.15, -0.1) is 24.0 Å². The summed E-state index contributed by atoms with van der Waals surface area (Å²) in [4.78, 5) is 19.5. The van der Waals surface area contributed by atoms with Crippen LogP contribution in [0.4, 0.5) is 4.39 Å². The Bertz CT molecular complexity index is 584. The molecule has 0 atom stereocenters. The number of nitrogens with zero attached hydrogens (tertiary/aromatic N) is 3. The normalized spacial score (nSPS) is 10.9. The molecule has 0 spiro atoms. The van der Waals surface area contributed by atoms with Gasteiger partial charge in [0.05, 0.1) is 5.02 Å². The quantitative estimate of drug-likeness (QED) is 0.279. The summed E-state index contributed by atoms with van der Waals surface area (Å²) in [7, 11) is 5.24. The lowest BCUT2D eigenvalue weighted by molar-refractivity contribution is -0.127. The van der Waals surface area contributed by atoms with Gasteiger partial charge in [0, 0.05) is 34.2 Å². The first kappa shape index (κ1) is 23.9. The van der Waals surface area contributed by atoms with Crippen molar-refractivity contribution in [2.45, 2.75) is 26.3 Å². The summed E-state index contributed by atoms with van der Waals surface area (Å²) in [6, 6.07) is 4.72. The van der Waals surface area contributed by atoms with Crippen molar-refractivity contribution in [1.82, 2.24) is 15.1 Å². The fourth-order valence-corrected chi connectivity index (χ4v) is 2.08. The van der Waals surface area contributed by atoms with E-state index in [0.29, 0.717) is 12.5 Å². The van der Waals surface area contributed by atoms with Crippen molar-refractivity contribution in [3.8, 4) is 0 Å². The number of aliphatic imine (C=N–C) groups is 1. The van der Waals surface area contributed by atoms with Crippen LogP contribution in [0.15, 0.2) is 23.2 Å². The number of amides is 1. The number of nitrogens with one attached hydrogen (secondary N) is 1. The molecular formula is C17H27ClFIN4O. The highest BCUT2D eigenvalue weighted by Gasteiger charge is 2.10. The average molecular weight is 485 g/mol. The molecule has 8 heteroatoms. The third-order valence-corrected chi connectivity index (χ3v) is 3.75. The van der Waals surface area contributed by atoms with Crippen molar-refractivity contribution < 1.29 is 9.18 Å². The minimum atomic E-state index is -0.442. The largest absolute Gasteiger partial charge is 0.356 e. The minimum absolute atomic E-state index is 0. The summed E-state index contributed by atoms with van der Waals surface area (Å²) in [5, 5.41) is 3.35. The highest BCUT2D eigenvalue weighted by molar-refractivity contribution is 14.0. The monoisotopic (exact) mass is 484 g/mol. The Kier molecular flexibility index (Phi) is 11.8. The van der Waals surface area contributed by atoms with Crippen molar-refractivity contribution in [3.63, 3.8) is 0 Å². The van der Waals surface area contributed by atoms with Crippen molar-refractivity contribution in [3.05, 3.63) is 34.6 Å². The van der Waals surface area contributed by atoms with Crippen molar-refractivity contribution in [1.29, 1.82) is 0 Å². The first-order chi connectivity index (χ1) is 11.3. The zero-order valence-electron chi connectivity index (χ0n) is 15.2. The van der Waals surface area contributed by atoms with E-state index in [-0.39, 0.29) is 41.5 Å². The molecular weight excluding hydrogens is 458 g/mol. The molecule has 1 rings (SSSR count). The van der Waals surface area contributed by atoms with E-state index in [9.17, 15) is 9.18 Å². The molecule has 0 unspecified atom stereocenters. The number of unbranched alkanes of at least 4 members (excludes halogenated alkanes) is 1. The predicted octanol–water partition coefficient (Wildman–Crippen LogP) is 3.36. The summed E-state index contributed by atoms with van der Waals surface area (Å²) >= 11 is 5.71. The van der Waals surface area contributed by atoms with Crippen LogP contribution in [-0.2, 0) is 11.3 Å². The van der Waals surface area contributed by atoms with Crippen LogP contribution in [0.3, 0.4) is 0 Å². The van der Waals surface area contributed by atoms with Gasteiger partial charge in [0.2, 0.25) is 5.91 Å². The number of rotatable bonds is 7. The van der Waals surface area contributed by atoms with Crippen LogP contribution < -0.4 is 5.32 Å². The number of halogens is 3. The van der Waals surface area contributed by atoms with Crippen LogP contribution >= 0.6 is 35.6 Å². The van der Waals surface area contributed by atoms with E-state index in [1.165, 1.54) is 17.0 Å². The molecule has 0 fully saturated rings. The molecule has 0 bridgehead atoms. The number of hydrogen-bond donors (Lipinski definition) is 1. The van der Waals surface area contributed by atoms with Crippen LogP contribution in [0.5, 0.6) is 0 Å². The highest BCUT2D eigenvalue weighted by atomic mass is 127. The summed E-state index contributed by atoms with van der Waals surface area (Å²) < 4.78 is 13.6. The zero-order chi connectivity index (χ0) is 18.1. The third-order valence-electron chi connectivity index (χ3n) is 3.44. The second kappa shape index (κ2) is 12.3. The first-order valence-corrected chi connectivity index (χ1v) is 8.36. The molecule has 0 saturated carbocycles. The van der Waals surface area contributed by atoms with Crippen LogP contribution in [-0.4, -0.2) is 55.9 Å². The maximum absolute atomic E-state index is 13.6. The predicted molar refractivity (Wildman–Crippen MR) is 112 cm³/mol. The topological polar surface area (TPSA) is 47.9 Å². The molecule has 0 aliphatic rings. The Morgan fingerprint density at radius 2 is 2.00 bits per heavy atom. The van der Waals surface area contributed by atoms with Gasteiger partial charge in [0.15, 0.2) is 5.96 Å². The maximum atomic E-state index is 13.6. The van der Waals surface area contributed by atoms with Crippen molar-refractivity contribution in [2.75, 3.05) is 34.2 Å². The number of likely N-dealkylation sites (N-methyl/N-ethyl adjacent to an activating group) is 1. The molecule has 0 heterocycles. The van der Waals surface area contributed by atoms with E-state index in [4.69, 9.17) is 11.6 Å². The van der Waals surface area contributed by atoms with Crippen molar-refractivity contribution in [2.24, 2.45) is 4.99 Å². The number of carbonyl (C=O) groups excluding carboxylic acids is 1. The molecule has 1 aromatic carbocycles. The standard InChI is InChI=1S/C17H26ClFN4O.HI/c1-5-6-9-20-17(21-11-16(24)22(2)3)23(4)12-13-7-8-14(18)15(19)10-13;/h7-8,10H,5-6,9,11-12H2,1-4H3,(H,20,21);1H. The lowest BCUT2D eigenvalue weighted by Gasteiger charge is -2.23. The zero-order valence-corrected chi connectivity index (χ0v) is 18.3. The summed E-state index contributed by atoms with van der Waals surface area (Å²) in [5.41, 5.74) is 0.781. The molecule has 1 amide bonds. The second-order valence-electron chi connectivity index (χ2n) is 5.81. The molecule has 1 N–H and O–H groups in total. The average Bonchev–Trinajstić information content (AvgIpc) is 2.53. The van der Waals surface area contributed by atoms with E-state index in [2.05, 4.69) is 17.2 Å². The highest BCUT2D eigenvalue weighted by Crippen LogP contribution is 2.16. The first-order valence-electron chi connectivity index (χ1n) is 7.98. The summed E-state index contributed by atoms with van der Waals surface area (Å²) in [5.74, 6) is 0.104. The third kappa shape index (κ3) is 8.71. The molecule has 0 aliphatic heterocycles. The van der Waals surface area contributed by atoms with Gasteiger partial charge in [-0.25, -0.2) is 9.38 Å². The van der Waals surface area contributed by atoms with Crippen LogP contribution in [0.2, 0.25) is 5.02 Å². The van der Waals surface area contributed by atoms with Gasteiger partial charge in [-0.3, -0.25) is 4.79 Å². The molecule has 0 saturated heterocycles. The van der Waals surface area contributed by atoms with E-state index < -0.39 is 5.82 Å². The Morgan fingerprint density at radius 1 is 1.32 bits per heavy atom. The number of carbonyl (C=O) groups is 1. The van der Waals surface area contributed by atoms with Gasteiger partial charge < -0.3 is 15.1 Å². The minimum Gasteiger partial charge on any atom is -0.356 e. The van der Waals surface area contributed by atoms with Gasteiger partial charge in [-0.1, -0.05) is 31.0 Å². The van der Waals surface area contributed by atoms with Gasteiger partial charge in [0.25, 0.3) is 0 Å². The molecule has 25 heavy (non-hydrogen) atoms. The Hall–Kier alpha value is -1.09. The summed E-state index contributed by atoms with van der Waals surface area (Å²) in [6.07, 6.45) is 2.06. The molecule has 142 valence electrons. The van der Waals surface area contributed by atoms with E-state index in [0.717, 1.165) is 24.9 Å². The Morgan fingerprint density at radius 3 is 2.56 bits per heavy atom. The van der Waals surface area contributed by atoms with Crippen molar-refractivity contribution >= 4 is 47.4 Å². The van der Waals surface area contributed by atoms with Gasteiger partial charge in [0.1, 0.15) is 12.4 Å². The fraction of sp³-hybridized carbons (Fsp3) is 0.529. The lowest BCUT2D eigenvalue weighted by atomic mass is 10.2. The smallest absolute Gasteiger partial charge is 0.243 e. The number of guanidine groups is 1.